The van der Waals surface area contributed by atoms with Crippen LogP contribution in [0.15, 0.2) is 34.2 Å². The number of nitrogens with two attached hydrogens (primary N) is 1. The molecule has 0 fully saturated rings. The monoisotopic (exact) mass is 346 g/mol. The summed E-state index contributed by atoms with van der Waals surface area (Å²) in [6, 6.07) is 6.43. The van der Waals surface area contributed by atoms with Crippen LogP contribution >= 0.6 is 12.4 Å². The number of nitrogens with zero attached hydrogens (tertiary/aromatic N) is 2. The van der Waals surface area contributed by atoms with Crippen LogP contribution in [0.1, 0.15) is 12.5 Å². The molecule has 1 aromatic carbocycles. The number of fused-ring (bicyclic) bond motifs is 1. The topological polar surface area (TPSA) is 105 Å². The van der Waals surface area contributed by atoms with Gasteiger partial charge in [0.1, 0.15) is 12.4 Å². The Morgan fingerprint density at radius 3 is 2.68 bits per heavy atom. The lowest BCUT2D eigenvalue weighted by Crippen LogP contribution is -2.41. The molecule has 7 nitrogen and oxygen atoms in total. The van der Waals surface area contributed by atoms with Crippen LogP contribution in [0.5, 0.6) is 0 Å². The minimum Gasteiger partial charge on any atom is -0.340 e. The molecule has 0 radical (unpaired) electrons. The van der Waals surface area contributed by atoms with E-state index < -0.39 is 10.0 Å². The number of aliphatic imine (C=N–C) groups is 1. The number of nitrogens with one attached hydrogen (secondary N) is 1. The fraction of sp³-hybridized carbons (Fsp3) is 0.385. The van der Waals surface area contributed by atoms with Gasteiger partial charge < -0.3 is 10.6 Å². The Labute approximate surface area is 136 Å². The van der Waals surface area contributed by atoms with Gasteiger partial charge in [-0.15, -0.1) is 12.4 Å². The first-order valence-electron chi connectivity index (χ1n) is 6.49. The first-order chi connectivity index (χ1) is 9.86. The van der Waals surface area contributed by atoms with Gasteiger partial charge in [-0.1, -0.05) is 12.1 Å². The molecular formula is C13H19ClN4O3S. The molecule has 1 unspecified atom stereocenters. The van der Waals surface area contributed by atoms with Crippen molar-refractivity contribution in [2.75, 3.05) is 20.1 Å². The van der Waals surface area contributed by atoms with Gasteiger partial charge in [-0.3, -0.25) is 14.5 Å². The maximum absolute atomic E-state index is 12.0. The summed E-state index contributed by atoms with van der Waals surface area (Å²) in [4.78, 5) is 17.7. The van der Waals surface area contributed by atoms with Crippen molar-refractivity contribution in [2.24, 2.45) is 10.7 Å². The number of hydrogen-bond acceptors (Lipinski definition) is 5. The summed E-state index contributed by atoms with van der Waals surface area (Å²) < 4.78 is 26.1. The van der Waals surface area contributed by atoms with Crippen molar-refractivity contribution in [2.45, 2.75) is 17.9 Å². The Kier molecular flexibility index (Phi) is 5.92. The van der Waals surface area contributed by atoms with Crippen LogP contribution < -0.4 is 10.5 Å². The molecule has 9 heteroatoms. The Hall–Kier alpha value is -1.64. The van der Waals surface area contributed by atoms with Gasteiger partial charge in [-0.25, -0.2) is 8.42 Å². The third kappa shape index (κ3) is 3.57. The maximum atomic E-state index is 12.0. The predicted molar refractivity (Wildman–Crippen MR) is 86.7 cm³/mol. The molecule has 0 spiro atoms. The summed E-state index contributed by atoms with van der Waals surface area (Å²) in [5.74, 6) is -0.0169. The van der Waals surface area contributed by atoms with E-state index in [0.29, 0.717) is 12.1 Å². The average molecular weight is 347 g/mol. The SMILES string of the molecule is CC(CN)N(C)C(=O)CN=C1NS(=O)(=O)c2ccccc21.Cl. The fourth-order valence-electron chi connectivity index (χ4n) is 1.91. The van der Waals surface area contributed by atoms with Crippen LogP contribution in [0.4, 0.5) is 0 Å². The molecule has 2 rings (SSSR count). The molecule has 122 valence electrons. The third-order valence-electron chi connectivity index (χ3n) is 3.43. The van der Waals surface area contributed by atoms with E-state index in [0.717, 1.165) is 0 Å². The van der Waals surface area contributed by atoms with E-state index in [9.17, 15) is 13.2 Å². The van der Waals surface area contributed by atoms with E-state index in [-0.39, 0.29) is 41.6 Å². The maximum Gasteiger partial charge on any atom is 0.263 e. The van der Waals surface area contributed by atoms with Crippen LogP contribution in [0.2, 0.25) is 0 Å². The lowest BCUT2D eigenvalue weighted by Gasteiger charge is -2.22. The van der Waals surface area contributed by atoms with Crippen LogP contribution in [0.25, 0.3) is 0 Å². The molecule has 22 heavy (non-hydrogen) atoms. The molecule has 0 bridgehead atoms. The van der Waals surface area contributed by atoms with E-state index in [1.54, 1.807) is 25.2 Å². The summed E-state index contributed by atoms with van der Waals surface area (Å²) in [5.41, 5.74) is 5.99. The number of amidine groups is 1. The van der Waals surface area contributed by atoms with Gasteiger partial charge in [0.2, 0.25) is 5.91 Å². The number of benzene rings is 1. The normalized spacial score (nSPS) is 18.0. The number of likely N-dealkylation sites (N-methyl/N-ethyl adjacent to an activating group) is 1. The first-order valence-corrected chi connectivity index (χ1v) is 7.97. The summed E-state index contributed by atoms with van der Waals surface area (Å²) in [6.45, 7) is 2.06. The Bertz CT molecular complexity index is 690. The Morgan fingerprint density at radius 1 is 1.41 bits per heavy atom. The highest BCUT2D eigenvalue weighted by atomic mass is 35.5. The summed E-state index contributed by atoms with van der Waals surface area (Å²) in [5, 5.41) is 0. The highest BCUT2D eigenvalue weighted by Gasteiger charge is 2.30. The zero-order valence-electron chi connectivity index (χ0n) is 12.3. The molecule has 0 aliphatic carbocycles. The number of carbonyl (C=O) groups excluding carboxylic acids is 1. The van der Waals surface area contributed by atoms with Gasteiger partial charge in [0, 0.05) is 25.2 Å². The predicted octanol–water partition coefficient (Wildman–Crippen LogP) is -0.0475. The second kappa shape index (κ2) is 7.08. The van der Waals surface area contributed by atoms with Crippen molar-refractivity contribution in [3.63, 3.8) is 0 Å². The molecule has 3 N–H and O–H groups in total. The van der Waals surface area contributed by atoms with Crippen molar-refractivity contribution < 1.29 is 13.2 Å². The van der Waals surface area contributed by atoms with Crippen molar-refractivity contribution in [1.29, 1.82) is 0 Å². The molecule has 1 heterocycles. The minimum atomic E-state index is -3.57. The highest BCUT2D eigenvalue weighted by Crippen LogP contribution is 2.22. The molecule has 0 saturated heterocycles. The summed E-state index contributed by atoms with van der Waals surface area (Å²) in [6.07, 6.45) is 0. The van der Waals surface area contributed by atoms with Crippen LogP contribution in [-0.2, 0) is 14.8 Å². The van der Waals surface area contributed by atoms with Crippen LogP contribution in [-0.4, -0.2) is 51.2 Å². The van der Waals surface area contributed by atoms with Crippen LogP contribution in [0.3, 0.4) is 0 Å². The molecule has 1 aliphatic heterocycles. The average Bonchev–Trinajstić information content (AvgIpc) is 2.75. The van der Waals surface area contributed by atoms with E-state index in [4.69, 9.17) is 5.73 Å². The van der Waals surface area contributed by atoms with E-state index >= 15 is 0 Å². The Balaban J connectivity index is 0.00000242. The number of rotatable bonds is 4. The number of carbonyl (C=O) groups is 1. The van der Waals surface area contributed by atoms with Crippen molar-refractivity contribution in [3.8, 4) is 0 Å². The van der Waals surface area contributed by atoms with Gasteiger partial charge in [-0.2, -0.15) is 0 Å². The number of halogens is 1. The lowest BCUT2D eigenvalue weighted by molar-refractivity contribution is -0.129. The molecule has 0 saturated carbocycles. The Morgan fingerprint density at radius 2 is 2.05 bits per heavy atom. The van der Waals surface area contributed by atoms with Crippen LogP contribution in [0, 0.1) is 0 Å². The second-order valence-corrected chi connectivity index (χ2v) is 6.51. The second-order valence-electron chi connectivity index (χ2n) is 4.86. The van der Waals surface area contributed by atoms with Gasteiger partial charge in [0.25, 0.3) is 10.0 Å². The van der Waals surface area contributed by atoms with Gasteiger partial charge >= 0.3 is 0 Å². The largest absolute Gasteiger partial charge is 0.340 e. The van der Waals surface area contributed by atoms with E-state index in [2.05, 4.69) is 9.71 Å². The molecule has 1 amide bonds. The fourth-order valence-corrected chi connectivity index (χ4v) is 3.16. The highest BCUT2D eigenvalue weighted by molar-refractivity contribution is 7.90. The van der Waals surface area contributed by atoms with E-state index in [1.165, 1.54) is 11.0 Å². The molecule has 0 aromatic heterocycles. The number of amides is 1. The van der Waals surface area contributed by atoms with Gasteiger partial charge in [0.15, 0.2) is 0 Å². The first kappa shape index (κ1) is 18.4. The quantitative estimate of drug-likeness (QED) is 0.797. The summed E-state index contributed by atoms with van der Waals surface area (Å²) >= 11 is 0. The summed E-state index contributed by atoms with van der Waals surface area (Å²) in [7, 11) is -1.92. The van der Waals surface area contributed by atoms with E-state index in [1.807, 2.05) is 6.92 Å². The molecular weight excluding hydrogens is 328 g/mol. The van der Waals surface area contributed by atoms with Crippen molar-refractivity contribution in [3.05, 3.63) is 29.8 Å². The molecule has 1 aromatic rings. The molecule has 1 aliphatic rings. The molecule has 1 atom stereocenters. The minimum absolute atomic E-state index is 0. The standard InChI is InChI=1S/C13H18N4O3S.ClH/c1-9(7-14)17(2)12(18)8-15-13-10-5-3-4-6-11(10)21(19,20)16-13;/h3-6,9H,7-8,14H2,1-2H3,(H,15,16);1H. The lowest BCUT2D eigenvalue weighted by atomic mass is 10.2. The number of sulfonamides is 1. The number of hydrogen-bond donors (Lipinski definition) is 2. The van der Waals surface area contributed by atoms with Crippen molar-refractivity contribution >= 4 is 34.2 Å². The van der Waals surface area contributed by atoms with Gasteiger partial charge in [0.05, 0.1) is 4.90 Å². The third-order valence-corrected chi connectivity index (χ3v) is 4.83. The van der Waals surface area contributed by atoms with Gasteiger partial charge in [-0.05, 0) is 19.1 Å². The zero-order valence-corrected chi connectivity index (χ0v) is 13.9. The smallest absolute Gasteiger partial charge is 0.263 e. The zero-order chi connectivity index (χ0) is 15.6. The van der Waals surface area contributed by atoms with Crippen molar-refractivity contribution in [1.82, 2.24) is 9.62 Å².